The lowest BCUT2D eigenvalue weighted by Gasteiger charge is -2.28. The third kappa shape index (κ3) is 1.75. The van der Waals surface area contributed by atoms with E-state index in [9.17, 15) is 0 Å². The fraction of sp³-hybridized carbons (Fsp3) is 0.562. The number of benzene rings is 1. The van der Waals surface area contributed by atoms with Gasteiger partial charge in [0.2, 0.25) is 0 Å². The number of aryl methyl sites for hydroxylation is 1. The van der Waals surface area contributed by atoms with Gasteiger partial charge in [-0.2, -0.15) is 0 Å². The molecular formula is C16H22N2. The molecule has 1 fully saturated rings. The largest absolute Gasteiger partial charge is 0.325 e. The van der Waals surface area contributed by atoms with Gasteiger partial charge in [-0.3, -0.25) is 0 Å². The van der Waals surface area contributed by atoms with Crippen molar-refractivity contribution in [1.82, 2.24) is 9.55 Å². The Bertz CT molecular complexity index is 583. The lowest BCUT2D eigenvalue weighted by Crippen LogP contribution is -2.18. The van der Waals surface area contributed by atoms with Crippen molar-refractivity contribution >= 4 is 11.0 Å². The Kier molecular flexibility index (Phi) is 2.51. The summed E-state index contributed by atoms with van der Waals surface area (Å²) in [6, 6.07) is 7.47. The van der Waals surface area contributed by atoms with Gasteiger partial charge >= 0.3 is 0 Å². The molecule has 0 radical (unpaired) electrons. The van der Waals surface area contributed by atoms with Crippen LogP contribution in [0.4, 0.5) is 0 Å². The quantitative estimate of drug-likeness (QED) is 0.726. The molecule has 1 aliphatic carbocycles. The van der Waals surface area contributed by atoms with Gasteiger partial charge in [-0.15, -0.1) is 0 Å². The minimum Gasteiger partial charge on any atom is -0.325 e. The summed E-state index contributed by atoms with van der Waals surface area (Å²) in [5, 5.41) is 0. The number of imidazole rings is 1. The summed E-state index contributed by atoms with van der Waals surface area (Å²) >= 11 is 0. The van der Waals surface area contributed by atoms with Gasteiger partial charge in [-0.05, 0) is 49.3 Å². The zero-order chi connectivity index (χ0) is 12.9. The molecule has 2 heteroatoms. The first-order valence-electron chi connectivity index (χ1n) is 6.96. The number of aromatic nitrogens is 2. The van der Waals surface area contributed by atoms with E-state index in [1.807, 2.05) is 0 Å². The van der Waals surface area contributed by atoms with Gasteiger partial charge in [0, 0.05) is 6.04 Å². The molecule has 96 valence electrons. The average molecular weight is 242 g/mol. The molecule has 0 saturated heterocycles. The second-order valence-corrected chi connectivity index (χ2v) is 6.57. The Morgan fingerprint density at radius 1 is 1.22 bits per heavy atom. The minimum absolute atomic E-state index is 0.197. The highest BCUT2D eigenvalue weighted by molar-refractivity contribution is 5.77. The Labute approximate surface area is 109 Å². The zero-order valence-corrected chi connectivity index (χ0v) is 11.8. The van der Waals surface area contributed by atoms with E-state index in [-0.39, 0.29) is 5.41 Å². The van der Waals surface area contributed by atoms with Crippen LogP contribution in [0.15, 0.2) is 18.2 Å². The zero-order valence-electron chi connectivity index (χ0n) is 11.8. The van der Waals surface area contributed by atoms with Crippen molar-refractivity contribution < 1.29 is 0 Å². The van der Waals surface area contributed by atoms with E-state index in [1.165, 1.54) is 36.2 Å². The van der Waals surface area contributed by atoms with E-state index in [4.69, 9.17) is 4.98 Å². The second kappa shape index (κ2) is 3.84. The van der Waals surface area contributed by atoms with Crippen LogP contribution >= 0.6 is 0 Å². The predicted molar refractivity (Wildman–Crippen MR) is 76.1 cm³/mol. The van der Waals surface area contributed by atoms with E-state index in [0.717, 1.165) is 5.52 Å². The summed E-state index contributed by atoms with van der Waals surface area (Å²) in [7, 11) is 0. The van der Waals surface area contributed by atoms with Crippen molar-refractivity contribution in [3.63, 3.8) is 0 Å². The van der Waals surface area contributed by atoms with Gasteiger partial charge in [0.1, 0.15) is 5.82 Å². The summed E-state index contributed by atoms with van der Waals surface area (Å²) in [5.41, 5.74) is 4.03. The molecule has 1 heterocycles. The first-order chi connectivity index (χ1) is 8.47. The third-order valence-corrected chi connectivity index (χ3v) is 4.17. The number of hydrogen-bond donors (Lipinski definition) is 0. The molecule has 1 aromatic heterocycles. The van der Waals surface area contributed by atoms with Crippen molar-refractivity contribution in [2.45, 2.75) is 58.4 Å². The van der Waals surface area contributed by atoms with Crippen LogP contribution in [-0.4, -0.2) is 9.55 Å². The molecule has 0 amide bonds. The summed E-state index contributed by atoms with van der Waals surface area (Å²) in [5.74, 6) is 1.17. The normalized spacial score (nSPS) is 17.1. The number of hydrogen-bond acceptors (Lipinski definition) is 1. The Hall–Kier alpha value is -1.31. The van der Waals surface area contributed by atoms with E-state index in [0.29, 0.717) is 6.04 Å². The molecule has 0 unspecified atom stereocenters. The Morgan fingerprint density at radius 3 is 2.50 bits per heavy atom. The molecule has 18 heavy (non-hydrogen) atoms. The maximum atomic E-state index is 4.75. The molecule has 1 aromatic carbocycles. The summed E-state index contributed by atoms with van der Waals surface area (Å²) in [6.07, 6.45) is 3.99. The number of rotatable bonds is 1. The van der Waals surface area contributed by atoms with Crippen LogP contribution in [-0.2, 0) is 5.41 Å². The monoisotopic (exact) mass is 242 g/mol. The fourth-order valence-corrected chi connectivity index (χ4v) is 2.79. The summed E-state index contributed by atoms with van der Waals surface area (Å²) in [6.45, 7) is 8.90. The van der Waals surface area contributed by atoms with Crippen molar-refractivity contribution in [1.29, 1.82) is 0 Å². The fourth-order valence-electron chi connectivity index (χ4n) is 2.79. The van der Waals surface area contributed by atoms with Crippen LogP contribution in [0.3, 0.4) is 0 Å². The summed E-state index contributed by atoms with van der Waals surface area (Å²) < 4.78 is 2.44. The minimum atomic E-state index is 0.197. The molecule has 0 spiro atoms. The van der Waals surface area contributed by atoms with Crippen LogP contribution in [0.5, 0.6) is 0 Å². The van der Waals surface area contributed by atoms with Crippen molar-refractivity contribution in [3.05, 3.63) is 29.6 Å². The standard InChI is InChI=1S/C16H22N2/c1-11-17-14-10-12(16(2,3)4)8-9-15(14)18(11)13-6-5-7-13/h8-10,13H,5-7H2,1-4H3. The van der Waals surface area contributed by atoms with Crippen LogP contribution in [0.2, 0.25) is 0 Å². The van der Waals surface area contributed by atoms with Crippen molar-refractivity contribution in [2.75, 3.05) is 0 Å². The highest BCUT2D eigenvalue weighted by atomic mass is 15.1. The molecule has 0 bridgehead atoms. The lowest BCUT2D eigenvalue weighted by atomic mass is 9.87. The van der Waals surface area contributed by atoms with Crippen LogP contribution in [0, 0.1) is 6.92 Å². The molecule has 1 aliphatic rings. The van der Waals surface area contributed by atoms with E-state index in [2.05, 4.69) is 50.5 Å². The maximum Gasteiger partial charge on any atom is 0.106 e. The summed E-state index contributed by atoms with van der Waals surface area (Å²) in [4.78, 5) is 4.75. The molecular weight excluding hydrogens is 220 g/mol. The van der Waals surface area contributed by atoms with E-state index < -0.39 is 0 Å². The average Bonchev–Trinajstić information content (AvgIpc) is 2.51. The van der Waals surface area contributed by atoms with Gasteiger partial charge < -0.3 is 4.57 Å². The Morgan fingerprint density at radius 2 is 1.94 bits per heavy atom. The highest BCUT2D eigenvalue weighted by Crippen LogP contribution is 2.36. The molecule has 2 aromatic rings. The lowest BCUT2D eigenvalue weighted by molar-refractivity contribution is 0.316. The maximum absolute atomic E-state index is 4.75. The SMILES string of the molecule is Cc1nc2cc(C(C)(C)C)ccc2n1C1CCC1. The highest BCUT2D eigenvalue weighted by Gasteiger charge is 2.24. The van der Waals surface area contributed by atoms with Crippen molar-refractivity contribution in [3.8, 4) is 0 Å². The van der Waals surface area contributed by atoms with Crippen molar-refractivity contribution in [2.24, 2.45) is 0 Å². The smallest absolute Gasteiger partial charge is 0.106 e. The van der Waals surface area contributed by atoms with E-state index in [1.54, 1.807) is 0 Å². The van der Waals surface area contributed by atoms with Gasteiger partial charge in [0.15, 0.2) is 0 Å². The molecule has 0 N–H and O–H groups in total. The topological polar surface area (TPSA) is 17.8 Å². The molecule has 1 saturated carbocycles. The second-order valence-electron chi connectivity index (χ2n) is 6.57. The van der Waals surface area contributed by atoms with E-state index >= 15 is 0 Å². The van der Waals surface area contributed by atoms with Gasteiger partial charge in [-0.25, -0.2) is 4.98 Å². The van der Waals surface area contributed by atoms with Gasteiger partial charge in [0.25, 0.3) is 0 Å². The number of fused-ring (bicyclic) bond motifs is 1. The van der Waals surface area contributed by atoms with Crippen LogP contribution in [0.25, 0.3) is 11.0 Å². The van der Waals surface area contributed by atoms with Crippen LogP contribution < -0.4 is 0 Å². The molecule has 0 atom stereocenters. The van der Waals surface area contributed by atoms with Gasteiger partial charge in [-0.1, -0.05) is 26.8 Å². The molecule has 3 rings (SSSR count). The molecule has 2 nitrogen and oxygen atoms in total. The van der Waals surface area contributed by atoms with Gasteiger partial charge in [0.05, 0.1) is 11.0 Å². The molecule has 0 aliphatic heterocycles. The first kappa shape index (κ1) is 11.8. The van der Waals surface area contributed by atoms with Crippen LogP contribution in [0.1, 0.15) is 57.5 Å². The third-order valence-electron chi connectivity index (χ3n) is 4.17. The Balaban J connectivity index is 2.14. The predicted octanol–water partition coefficient (Wildman–Crippen LogP) is 4.37. The first-order valence-corrected chi connectivity index (χ1v) is 6.96. The number of nitrogens with zero attached hydrogens (tertiary/aromatic N) is 2.